The predicted molar refractivity (Wildman–Crippen MR) is 65.5 cm³/mol. The van der Waals surface area contributed by atoms with Crippen molar-refractivity contribution in [1.29, 1.82) is 0 Å². The van der Waals surface area contributed by atoms with Crippen molar-refractivity contribution >= 4 is 11.9 Å². The number of rotatable bonds is 5. The molecule has 0 aromatic heterocycles. The number of nitrogens with one attached hydrogen (secondary N) is 1. The third-order valence-electron chi connectivity index (χ3n) is 3.84. The molecule has 17 heavy (non-hydrogen) atoms. The van der Waals surface area contributed by atoms with Crippen LogP contribution in [0.25, 0.3) is 0 Å². The lowest BCUT2D eigenvalue weighted by Gasteiger charge is -2.27. The van der Waals surface area contributed by atoms with E-state index >= 15 is 0 Å². The first-order valence-corrected chi connectivity index (χ1v) is 6.43. The molecule has 0 aromatic rings. The summed E-state index contributed by atoms with van der Waals surface area (Å²) >= 11 is 0. The average molecular weight is 241 g/mol. The molecule has 0 aromatic carbocycles. The fourth-order valence-electron chi connectivity index (χ4n) is 2.56. The predicted octanol–water partition coefficient (Wildman–Crippen LogP) is 2.04. The van der Waals surface area contributed by atoms with Gasteiger partial charge in [0.2, 0.25) is 5.91 Å². The summed E-state index contributed by atoms with van der Waals surface area (Å²) in [6.07, 6.45) is 3.00. The highest BCUT2D eigenvalue weighted by Gasteiger charge is 2.53. The van der Waals surface area contributed by atoms with Crippen LogP contribution in [-0.2, 0) is 9.59 Å². The van der Waals surface area contributed by atoms with Gasteiger partial charge in [0.05, 0.1) is 0 Å². The van der Waals surface area contributed by atoms with Crippen molar-refractivity contribution in [2.24, 2.45) is 17.3 Å². The van der Waals surface area contributed by atoms with Gasteiger partial charge in [-0.1, -0.05) is 27.2 Å². The van der Waals surface area contributed by atoms with E-state index < -0.39 is 11.4 Å². The Hall–Kier alpha value is -1.06. The Morgan fingerprint density at radius 2 is 2.12 bits per heavy atom. The quantitative estimate of drug-likeness (QED) is 0.724. The fraction of sp³-hybridized carbons (Fsp3) is 0.846. The molecule has 2 N–H and O–H groups in total. The van der Waals surface area contributed by atoms with Crippen molar-refractivity contribution < 1.29 is 14.7 Å². The first kappa shape index (κ1) is 14.0. The Bertz CT molecular complexity index is 301. The summed E-state index contributed by atoms with van der Waals surface area (Å²) in [5.74, 6) is -0.823. The second kappa shape index (κ2) is 5.52. The molecule has 0 heterocycles. The SMILES string of the molecule is CC(C)CCNC(=O)C1(C(=O)O)CCCC1C. The molecular weight excluding hydrogens is 218 g/mol. The summed E-state index contributed by atoms with van der Waals surface area (Å²) < 4.78 is 0. The molecule has 1 fully saturated rings. The maximum Gasteiger partial charge on any atom is 0.319 e. The van der Waals surface area contributed by atoms with Gasteiger partial charge in [-0.05, 0) is 31.1 Å². The molecule has 0 aliphatic heterocycles. The van der Waals surface area contributed by atoms with Crippen molar-refractivity contribution in [1.82, 2.24) is 5.32 Å². The van der Waals surface area contributed by atoms with E-state index in [0.29, 0.717) is 18.9 Å². The molecule has 1 aliphatic carbocycles. The minimum Gasteiger partial charge on any atom is -0.480 e. The first-order valence-electron chi connectivity index (χ1n) is 6.43. The molecule has 1 saturated carbocycles. The van der Waals surface area contributed by atoms with Crippen molar-refractivity contribution in [3.8, 4) is 0 Å². The molecule has 0 spiro atoms. The number of hydrogen-bond acceptors (Lipinski definition) is 2. The summed E-state index contributed by atoms with van der Waals surface area (Å²) in [5.41, 5.74) is -1.18. The molecule has 98 valence electrons. The van der Waals surface area contributed by atoms with Crippen LogP contribution >= 0.6 is 0 Å². The molecule has 0 radical (unpaired) electrons. The Balaban J connectivity index is 2.66. The van der Waals surface area contributed by atoms with E-state index in [1.807, 2.05) is 6.92 Å². The lowest BCUT2D eigenvalue weighted by atomic mass is 9.78. The van der Waals surface area contributed by atoms with Gasteiger partial charge in [-0.15, -0.1) is 0 Å². The van der Waals surface area contributed by atoms with Gasteiger partial charge in [-0.3, -0.25) is 9.59 Å². The highest BCUT2D eigenvalue weighted by molar-refractivity contribution is 6.02. The van der Waals surface area contributed by atoms with Crippen LogP contribution in [0.1, 0.15) is 46.5 Å². The average Bonchev–Trinajstić information content (AvgIpc) is 2.60. The summed E-state index contributed by atoms with van der Waals surface area (Å²) in [6, 6.07) is 0. The molecule has 4 nitrogen and oxygen atoms in total. The lowest BCUT2D eigenvalue weighted by molar-refractivity contribution is -0.158. The van der Waals surface area contributed by atoms with Crippen LogP contribution in [0, 0.1) is 17.3 Å². The van der Waals surface area contributed by atoms with E-state index in [1.54, 1.807) is 0 Å². The number of carbonyl (C=O) groups excluding carboxylic acids is 1. The van der Waals surface area contributed by atoms with Crippen LogP contribution in [0.15, 0.2) is 0 Å². The van der Waals surface area contributed by atoms with E-state index in [1.165, 1.54) is 0 Å². The van der Waals surface area contributed by atoms with Gasteiger partial charge < -0.3 is 10.4 Å². The molecule has 0 bridgehead atoms. The zero-order chi connectivity index (χ0) is 13.1. The largest absolute Gasteiger partial charge is 0.480 e. The van der Waals surface area contributed by atoms with E-state index in [-0.39, 0.29) is 11.8 Å². The first-order chi connectivity index (χ1) is 7.91. The van der Waals surface area contributed by atoms with E-state index in [2.05, 4.69) is 19.2 Å². The van der Waals surface area contributed by atoms with Crippen molar-refractivity contribution in [3.05, 3.63) is 0 Å². The number of carboxylic acids is 1. The Labute approximate surface area is 103 Å². The molecule has 2 atom stereocenters. The zero-order valence-electron chi connectivity index (χ0n) is 11.0. The second-order valence-corrected chi connectivity index (χ2v) is 5.51. The number of aliphatic carboxylic acids is 1. The van der Waals surface area contributed by atoms with Gasteiger partial charge in [0.15, 0.2) is 0 Å². The van der Waals surface area contributed by atoms with Crippen molar-refractivity contribution in [3.63, 3.8) is 0 Å². The van der Waals surface area contributed by atoms with Crippen molar-refractivity contribution in [2.45, 2.75) is 46.5 Å². The Morgan fingerprint density at radius 3 is 2.53 bits per heavy atom. The number of amides is 1. The fourth-order valence-corrected chi connectivity index (χ4v) is 2.56. The number of hydrogen-bond donors (Lipinski definition) is 2. The van der Waals surface area contributed by atoms with Gasteiger partial charge >= 0.3 is 5.97 Å². The summed E-state index contributed by atoms with van der Waals surface area (Å²) in [6.45, 7) is 6.59. The minimum absolute atomic E-state index is 0.0703. The van der Waals surface area contributed by atoms with E-state index in [0.717, 1.165) is 19.3 Å². The summed E-state index contributed by atoms with van der Waals surface area (Å²) in [7, 11) is 0. The van der Waals surface area contributed by atoms with Gasteiger partial charge in [-0.25, -0.2) is 0 Å². The van der Waals surface area contributed by atoms with Gasteiger partial charge in [0.1, 0.15) is 5.41 Å². The smallest absolute Gasteiger partial charge is 0.319 e. The lowest BCUT2D eigenvalue weighted by Crippen LogP contribution is -2.48. The van der Waals surface area contributed by atoms with Crippen LogP contribution in [-0.4, -0.2) is 23.5 Å². The second-order valence-electron chi connectivity index (χ2n) is 5.51. The molecular formula is C13H23NO3. The van der Waals surface area contributed by atoms with Crippen LogP contribution in [0.4, 0.5) is 0 Å². The highest BCUT2D eigenvalue weighted by atomic mass is 16.4. The van der Waals surface area contributed by atoms with Gasteiger partial charge in [0, 0.05) is 6.54 Å². The summed E-state index contributed by atoms with van der Waals surface area (Å²) in [4.78, 5) is 23.5. The zero-order valence-corrected chi connectivity index (χ0v) is 11.0. The minimum atomic E-state index is -1.18. The Kier molecular flexibility index (Phi) is 4.54. The third kappa shape index (κ3) is 2.79. The topological polar surface area (TPSA) is 66.4 Å². The van der Waals surface area contributed by atoms with E-state index in [9.17, 15) is 14.7 Å². The molecule has 0 saturated heterocycles. The van der Waals surface area contributed by atoms with E-state index in [4.69, 9.17) is 0 Å². The number of carbonyl (C=O) groups is 2. The molecule has 1 amide bonds. The van der Waals surface area contributed by atoms with Gasteiger partial charge in [-0.2, -0.15) is 0 Å². The Morgan fingerprint density at radius 1 is 1.47 bits per heavy atom. The maximum absolute atomic E-state index is 12.1. The number of carboxylic acid groups (broad SMARTS) is 1. The van der Waals surface area contributed by atoms with Crippen molar-refractivity contribution in [2.75, 3.05) is 6.54 Å². The van der Waals surface area contributed by atoms with Crippen LogP contribution in [0.2, 0.25) is 0 Å². The molecule has 1 aliphatic rings. The van der Waals surface area contributed by atoms with Crippen LogP contribution in [0.5, 0.6) is 0 Å². The molecule has 1 rings (SSSR count). The normalized spacial score (nSPS) is 28.4. The highest BCUT2D eigenvalue weighted by Crippen LogP contribution is 2.43. The molecule has 2 unspecified atom stereocenters. The standard InChI is InChI=1S/C13H23NO3/c1-9(2)6-8-14-11(15)13(12(16)17)7-4-5-10(13)3/h9-10H,4-8H2,1-3H3,(H,14,15)(H,16,17). The van der Waals surface area contributed by atoms with Crippen LogP contribution < -0.4 is 5.32 Å². The maximum atomic E-state index is 12.1. The molecule has 4 heteroatoms. The van der Waals surface area contributed by atoms with Gasteiger partial charge in [0.25, 0.3) is 0 Å². The monoisotopic (exact) mass is 241 g/mol. The van der Waals surface area contributed by atoms with Crippen LogP contribution in [0.3, 0.4) is 0 Å². The summed E-state index contributed by atoms with van der Waals surface area (Å²) in [5, 5.41) is 12.1. The third-order valence-corrected chi connectivity index (χ3v) is 3.84.